The summed E-state index contributed by atoms with van der Waals surface area (Å²) < 4.78 is 0. The monoisotopic (exact) mass is 131 g/mol. The highest BCUT2D eigenvalue weighted by Crippen LogP contribution is 1.67. The van der Waals surface area contributed by atoms with Crippen LogP contribution in [0.5, 0.6) is 0 Å². The first kappa shape index (κ1) is 8.55. The van der Waals surface area contributed by atoms with Crippen LogP contribution in [0.15, 0.2) is 0 Å². The SMILES string of the molecule is CC(N)NCC(=O)CN. The molecule has 0 heterocycles. The van der Waals surface area contributed by atoms with Gasteiger partial charge in [-0.15, -0.1) is 0 Å². The Bertz CT molecular complexity index is 92.2. The van der Waals surface area contributed by atoms with E-state index in [1.54, 1.807) is 6.92 Å². The Labute approximate surface area is 54.6 Å². The molecule has 9 heavy (non-hydrogen) atoms. The van der Waals surface area contributed by atoms with Crippen LogP contribution < -0.4 is 16.8 Å². The number of nitrogens with two attached hydrogens (primary N) is 2. The molecule has 0 aromatic heterocycles. The van der Waals surface area contributed by atoms with E-state index in [1.165, 1.54) is 0 Å². The Morgan fingerprint density at radius 1 is 1.78 bits per heavy atom. The zero-order valence-electron chi connectivity index (χ0n) is 5.55. The van der Waals surface area contributed by atoms with Gasteiger partial charge in [0, 0.05) is 0 Å². The summed E-state index contributed by atoms with van der Waals surface area (Å²) >= 11 is 0. The molecule has 0 aliphatic heterocycles. The van der Waals surface area contributed by atoms with Crippen molar-refractivity contribution in [2.24, 2.45) is 11.5 Å². The lowest BCUT2D eigenvalue weighted by Gasteiger charge is -2.04. The fraction of sp³-hybridized carbons (Fsp3) is 0.800. The fourth-order valence-corrected chi connectivity index (χ4v) is 0.347. The van der Waals surface area contributed by atoms with Crippen molar-refractivity contribution >= 4 is 5.78 Å². The molecule has 1 unspecified atom stereocenters. The van der Waals surface area contributed by atoms with E-state index in [0.717, 1.165) is 0 Å². The highest BCUT2D eigenvalue weighted by atomic mass is 16.1. The van der Waals surface area contributed by atoms with E-state index in [0.29, 0.717) is 0 Å². The summed E-state index contributed by atoms with van der Waals surface area (Å²) in [5.41, 5.74) is 10.3. The van der Waals surface area contributed by atoms with Gasteiger partial charge < -0.3 is 11.5 Å². The van der Waals surface area contributed by atoms with Gasteiger partial charge in [-0.3, -0.25) is 10.1 Å². The molecule has 0 aromatic carbocycles. The van der Waals surface area contributed by atoms with E-state index < -0.39 is 0 Å². The van der Waals surface area contributed by atoms with Crippen LogP contribution in [0.1, 0.15) is 6.92 Å². The summed E-state index contributed by atoms with van der Waals surface area (Å²) in [5.74, 6) is -0.0210. The van der Waals surface area contributed by atoms with Gasteiger partial charge in [-0.05, 0) is 6.92 Å². The molecule has 0 amide bonds. The molecule has 0 bridgehead atoms. The van der Waals surface area contributed by atoms with Crippen molar-refractivity contribution in [1.82, 2.24) is 5.32 Å². The molecule has 0 rings (SSSR count). The van der Waals surface area contributed by atoms with Crippen LogP contribution in [0.2, 0.25) is 0 Å². The summed E-state index contributed by atoms with van der Waals surface area (Å²) in [6, 6.07) is 0. The van der Waals surface area contributed by atoms with E-state index in [-0.39, 0.29) is 25.0 Å². The molecule has 0 aliphatic rings. The Kier molecular flexibility index (Phi) is 4.21. The average Bonchev–Trinajstić information content (AvgIpc) is 1.83. The molecule has 0 saturated heterocycles. The topological polar surface area (TPSA) is 81.1 Å². The minimum absolute atomic E-state index is 0.0210. The lowest BCUT2D eigenvalue weighted by atomic mass is 10.4. The van der Waals surface area contributed by atoms with Gasteiger partial charge in [0.15, 0.2) is 5.78 Å². The molecule has 0 aliphatic carbocycles. The average molecular weight is 131 g/mol. The van der Waals surface area contributed by atoms with E-state index in [4.69, 9.17) is 11.5 Å². The van der Waals surface area contributed by atoms with Crippen molar-refractivity contribution in [2.45, 2.75) is 13.1 Å². The minimum atomic E-state index is -0.138. The standard InChI is InChI=1S/C5H13N3O/c1-4(7)8-3-5(9)2-6/h4,8H,2-3,6-7H2,1H3. The van der Waals surface area contributed by atoms with Crippen LogP contribution in [0, 0.1) is 0 Å². The first-order valence-corrected chi connectivity index (χ1v) is 2.87. The summed E-state index contributed by atoms with van der Waals surface area (Å²) in [5, 5.41) is 2.74. The predicted molar refractivity (Wildman–Crippen MR) is 35.7 cm³/mol. The summed E-state index contributed by atoms with van der Waals surface area (Å²) in [6.07, 6.45) is -0.138. The first-order chi connectivity index (χ1) is 4.16. The molecular formula is C5H13N3O. The van der Waals surface area contributed by atoms with E-state index >= 15 is 0 Å². The van der Waals surface area contributed by atoms with Crippen molar-refractivity contribution in [3.63, 3.8) is 0 Å². The van der Waals surface area contributed by atoms with Gasteiger partial charge in [0.1, 0.15) is 0 Å². The third-order valence-electron chi connectivity index (χ3n) is 0.849. The second kappa shape index (κ2) is 4.43. The normalized spacial score (nSPS) is 13.2. The van der Waals surface area contributed by atoms with Crippen LogP contribution in [0.3, 0.4) is 0 Å². The maximum absolute atomic E-state index is 10.5. The maximum atomic E-state index is 10.5. The van der Waals surface area contributed by atoms with Crippen molar-refractivity contribution in [3.05, 3.63) is 0 Å². The van der Waals surface area contributed by atoms with E-state index in [9.17, 15) is 4.79 Å². The highest BCUT2D eigenvalue weighted by molar-refractivity contribution is 5.82. The number of rotatable bonds is 4. The first-order valence-electron chi connectivity index (χ1n) is 2.87. The third kappa shape index (κ3) is 5.42. The molecule has 0 spiro atoms. The van der Waals surface area contributed by atoms with E-state index in [2.05, 4.69) is 5.32 Å². The van der Waals surface area contributed by atoms with Gasteiger partial charge in [0.2, 0.25) is 0 Å². The number of hydrogen-bond donors (Lipinski definition) is 3. The van der Waals surface area contributed by atoms with Gasteiger partial charge >= 0.3 is 0 Å². The molecule has 0 radical (unpaired) electrons. The van der Waals surface area contributed by atoms with Crippen molar-refractivity contribution < 1.29 is 4.79 Å². The lowest BCUT2D eigenvalue weighted by molar-refractivity contribution is -0.117. The Morgan fingerprint density at radius 3 is 2.67 bits per heavy atom. The summed E-state index contributed by atoms with van der Waals surface area (Å²) in [7, 11) is 0. The minimum Gasteiger partial charge on any atom is -0.324 e. The van der Waals surface area contributed by atoms with Gasteiger partial charge in [0.05, 0.1) is 19.3 Å². The maximum Gasteiger partial charge on any atom is 0.160 e. The van der Waals surface area contributed by atoms with Crippen LogP contribution >= 0.6 is 0 Å². The molecule has 4 nitrogen and oxygen atoms in total. The highest BCUT2D eigenvalue weighted by Gasteiger charge is 1.97. The van der Waals surface area contributed by atoms with Crippen molar-refractivity contribution in [2.75, 3.05) is 13.1 Å². The van der Waals surface area contributed by atoms with Crippen molar-refractivity contribution in [1.29, 1.82) is 0 Å². The second-order valence-electron chi connectivity index (χ2n) is 1.91. The molecule has 54 valence electrons. The van der Waals surface area contributed by atoms with Gasteiger partial charge in [-0.1, -0.05) is 0 Å². The molecule has 0 fully saturated rings. The second-order valence-corrected chi connectivity index (χ2v) is 1.91. The number of hydrogen-bond acceptors (Lipinski definition) is 4. The zero-order chi connectivity index (χ0) is 7.28. The Morgan fingerprint density at radius 2 is 2.33 bits per heavy atom. The number of ketones is 1. The Balaban J connectivity index is 3.17. The van der Waals surface area contributed by atoms with Crippen LogP contribution in [-0.4, -0.2) is 25.0 Å². The van der Waals surface area contributed by atoms with Crippen LogP contribution in [0.25, 0.3) is 0 Å². The molecule has 0 aromatic rings. The number of carbonyl (C=O) groups excluding carboxylic acids is 1. The van der Waals surface area contributed by atoms with Crippen molar-refractivity contribution in [3.8, 4) is 0 Å². The van der Waals surface area contributed by atoms with Crippen LogP contribution in [-0.2, 0) is 4.79 Å². The van der Waals surface area contributed by atoms with Crippen LogP contribution in [0.4, 0.5) is 0 Å². The molecule has 1 atom stereocenters. The van der Waals surface area contributed by atoms with E-state index in [1.807, 2.05) is 0 Å². The molecule has 5 N–H and O–H groups in total. The van der Waals surface area contributed by atoms with Gasteiger partial charge in [-0.25, -0.2) is 0 Å². The summed E-state index contributed by atoms with van der Waals surface area (Å²) in [6.45, 7) is 2.12. The van der Waals surface area contributed by atoms with Gasteiger partial charge in [0.25, 0.3) is 0 Å². The molecule has 4 heteroatoms. The quantitative estimate of drug-likeness (QED) is 0.402. The number of carbonyl (C=O) groups is 1. The molecule has 0 saturated carbocycles. The zero-order valence-corrected chi connectivity index (χ0v) is 5.55. The smallest absolute Gasteiger partial charge is 0.160 e. The number of nitrogens with one attached hydrogen (secondary N) is 1. The Hall–Kier alpha value is -0.450. The number of Topliss-reactive ketones (excluding diaryl/α,β-unsaturated/α-hetero) is 1. The lowest BCUT2D eigenvalue weighted by Crippen LogP contribution is -2.39. The largest absolute Gasteiger partial charge is 0.324 e. The fourth-order valence-electron chi connectivity index (χ4n) is 0.347. The third-order valence-corrected chi connectivity index (χ3v) is 0.849. The molecular weight excluding hydrogens is 118 g/mol. The summed E-state index contributed by atoms with van der Waals surface area (Å²) in [4.78, 5) is 10.5. The predicted octanol–water partition coefficient (Wildman–Crippen LogP) is -1.59. The van der Waals surface area contributed by atoms with Gasteiger partial charge in [-0.2, -0.15) is 0 Å².